The molecule has 2 aromatic carbocycles. The van der Waals surface area contributed by atoms with Gasteiger partial charge in [-0.25, -0.2) is 0 Å². The zero-order chi connectivity index (χ0) is 17.8. The predicted octanol–water partition coefficient (Wildman–Crippen LogP) is 0.259. The molecule has 5 rings (SSSR count). The predicted molar refractivity (Wildman–Crippen MR) is 98.7 cm³/mol. The molecule has 0 aromatic heterocycles. The molecule has 3 aliphatic rings. The van der Waals surface area contributed by atoms with Crippen molar-refractivity contribution in [3.05, 3.63) is 45.1 Å². The zero-order valence-electron chi connectivity index (χ0n) is 15.0. The van der Waals surface area contributed by atoms with Gasteiger partial charge in [0.15, 0.2) is 23.0 Å². The first-order valence-corrected chi connectivity index (χ1v) is 8.56. The Hall–Kier alpha value is -3.08. The van der Waals surface area contributed by atoms with Gasteiger partial charge < -0.3 is 23.8 Å². The molecule has 0 N–H and O–H groups in total. The molecule has 0 fully saturated rings. The summed E-state index contributed by atoms with van der Waals surface area (Å²) in [6, 6.07) is 8.19. The van der Waals surface area contributed by atoms with Crippen LogP contribution in [0.4, 0.5) is 0 Å². The lowest BCUT2D eigenvalue weighted by atomic mass is 9.98. The number of ether oxygens (including phenoxy) is 4. The van der Waals surface area contributed by atoms with Gasteiger partial charge in [-0.3, -0.25) is 0 Å². The summed E-state index contributed by atoms with van der Waals surface area (Å²) in [5, 5.41) is 4.55. The van der Waals surface area contributed by atoms with E-state index in [1.54, 1.807) is 14.2 Å². The third kappa shape index (κ3) is 1.97. The zero-order valence-corrected chi connectivity index (χ0v) is 15.0. The topological polar surface area (TPSA) is 40.2 Å². The molecule has 0 spiro atoms. The van der Waals surface area contributed by atoms with Crippen LogP contribution in [0.1, 0.15) is 6.92 Å². The van der Waals surface area contributed by atoms with Crippen molar-refractivity contribution < 1.29 is 18.9 Å². The lowest BCUT2D eigenvalue weighted by Gasteiger charge is -2.29. The molecule has 0 bridgehead atoms. The van der Waals surface area contributed by atoms with Crippen LogP contribution in [0.2, 0.25) is 0 Å². The van der Waals surface area contributed by atoms with Crippen LogP contribution in [0.25, 0.3) is 23.5 Å². The SMILES string of the molecule is COc1cc2c(cc1OC)=C1C(C)=c3ccc4c(c3=CN1CC=2)OCO4. The van der Waals surface area contributed by atoms with Crippen LogP contribution < -0.4 is 39.8 Å². The molecule has 0 saturated carbocycles. The number of hydrogen-bond donors (Lipinski definition) is 0. The van der Waals surface area contributed by atoms with Gasteiger partial charge >= 0.3 is 0 Å². The van der Waals surface area contributed by atoms with Crippen LogP contribution in [-0.2, 0) is 0 Å². The second-order valence-electron chi connectivity index (χ2n) is 6.51. The molecule has 0 atom stereocenters. The van der Waals surface area contributed by atoms with Crippen molar-refractivity contribution in [3.63, 3.8) is 0 Å². The molecule has 5 heteroatoms. The highest BCUT2D eigenvalue weighted by molar-refractivity contribution is 5.90. The quantitative estimate of drug-likeness (QED) is 0.778. The summed E-state index contributed by atoms with van der Waals surface area (Å²) >= 11 is 0. The Morgan fingerprint density at radius 3 is 2.62 bits per heavy atom. The van der Waals surface area contributed by atoms with Gasteiger partial charge in [-0.1, -0.05) is 12.1 Å². The minimum Gasteiger partial charge on any atom is -0.493 e. The van der Waals surface area contributed by atoms with E-state index in [-0.39, 0.29) is 6.79 Å². The van der Waals surface area contributed by atoms with Crippen molar-refractivity contribution in [1.29, 1.82) is 0 Å². The molecular weight excluding hydrogens is 330 g/mol. The maximum Gasteiger partial charge on any atom is 0.231 e. The first-order chi connectivity index (χ1) is 12.7. The van der Waals surface area contributed by atoms with E-state index in [4.69, 9.17) is 18.9 Å². The molecule has 0 radical (unpaired) electrons. The van der Waals surface area contributed by atoms with E-state index in [0.29, 0.717) is 0 Å². The second-order valence-corrected chi connectivity index (χ2v) is 6.51. The molecule has 0 amide bonds. The van der Waals surface area contributed by atoms with Gasteiger partial charge in [0, 0.05) is 23.2 Å². The number of methoxy groups -OCH3 is 2. The van der Waals surface area contributed by atoms with Crippen molar-refractivity contribution in [2.24, 2.45) is 0 Å². The first-order valence-electron chi connectivity index (χ1n) is 8.56. The molecule has 26 heavy (non-hydrogen) atoms. The van der Waals surface area contributed by atoms with E-state index >= 15 is 0 Å². The molecule has 3 aliphatic heterocycles. The average molecular weight is 349 g/mol. The highest BCUT2D eigenvalue weighted by Crippen LogP contribution is 2.29. The van der Waals surface area contributed by atoms with Crippen molar-refractivity contribution >= 4 is 23.5 Å². The van der Waals surface area contributed by atoms with Crippen LogP contribution in [0.15, 0.2) is 24.3 Å². The van der Waals surface area contributed by atoms with Crippen LogP contribution in [0.5, 0.6) is 23.0 Å². The van der Waals surface area contributed by atoms with Gasteiger partial charge in [0.2, 0.25) is 6.79 Å². The van der Waals surface area contributed by atoms with E-state index in [1.165, 1.54) is 16.5 Å². The second kappa shape index (κ2) is 5.46. The third-order valence-corrected chi connectivity index (χ3v) is 5.23. The summed E-state index contributed by atoms with van der Waals surface area (Å²) in [7, 11) is 3.33. The van der Waals surface area contributed by atoms with Crippen LogP contribution >= 0.6 is 0 Å². The van der Waals surface area contributed by atoms with Gasteiger partial charge in [-0.2, -0.15) is 0 Å². The largest absolute Gasteiger partial charge is 0.493 e. The van der Waals surface area contributed by atoms with Gasteiger partial charge in [-0.15, -0.1) is 0 Å². The van der Waals surface area contributed by atoms with Gasteiger partial charge in [0.1, 0.15) is 0 Å². The van der Waals surface area contributed by atoms with E-state index in [2.05, 4.69) is 36.2 Å². The van der Waals surface area contributed by atoms with Gasteiger partial charge in [0.05, 0.1) is 19.9 Å². The Bertz CT molecular complexity index is 1180. The van der Waals surface area contributed by atoms with E-state index in [0.717, 1.165) is 45.2 Å². The normalized spacial score (nSPS) is 16.2. The summed E-state index contributed by atoms with van der Waals surface area (Å²) in [5.41, 5.74) is 2.40. The molecule has 0 aliphatic carbocycles. The molecular formula is C21H19NO4. The monoisotopic (exact) mass is 349 g/mol. The Labute approximate surface area is 150 Å². The summed E-state index contributed by atoms with van der Waals surface area (Å²) in [4.78, 5) is 2.26. The smallest absolute Gasteiger partial charge is 0.231 e. The Kier molecular flexibility index (Phi) is 3.19. The highest BCUT2D eigenvalue weighted by Gasteiger charge is 2.23. The van der Waals surface area contributed by atoms with E-state index in [9.17, 15) is 0 Å². The van der Waals surface area contributed by atoms with Crippen molar-refractivity contribution in [3.8, 4) is 23.0 Å². The number of rotatable bonds is 2. The fraction of sp³-hybridized carbons (Fsp3) is 0.238. The lowest BCUT2D eigenvalue weighted by Crippen LogP contribution is -2.44. The lowest BCUT2D eigenvalue weighted by molar-refractivity contribution is 0.173. The molecule has 0 saturated heterocycles. The van der Waals surface area contributed by atoms with Crippen LogP contribution in [0, 0.1) is 0 Å². The maximum absolute atomic E-state index is 5.71. The molecule has 2 aromatic rings. The standard InChI is InChI=1S/C21H19NO4/c1-12-14-4-5-17-21(26-11-25-17)16(14)10-22-7-6-13-8-18(23-2)19(24-3)9-15(13)20(12)22/h4-6,8-10H,7,11H2,1-3H3. The Balaban J connectivity index is 1.88. The van der Waals surface area contributed by atoms with Crippen LogP contribution in [-0.4, -0.2) is 32.5 Å². The summed E-state index contributed by atoms with van der Waals surface area (Å²) in [5.74, 6) is 3.12. The van der Waals surface area contributed by atoms with E-state index < -0.39 is 0 Å². The van der Waals surface area contributed by atoms with Crippen molar-refractivity contribution in [2.45, 2.75) is 6.92 Å². The fourth-order valence-corrected chi connectivity index (χ4v) is 3.98. The van der Waals surface area contributed by atoms with Crippen LogP contribution in [0.3, 0.4) is 0 Å². The fourth-order valence-electron chi connectivity index (χ4n) is 3.98. The molecule has 3 heterocycles. The number of hydrogen-bond acceptors (Lipinski definition) is 5. The van der Waals surface area contributed by atoms with Gasteiger partial charge in [0.25, 0.3) is 0 Å². The van der Waals surface area contributed by atoms with Crippen molar-refractivity contribution in [2.75, 3.05) is 27.6 Å². The third-order valence-electron chi connectivity index (χ3n) is 5.23. The number of fused-ring (bicyclic) bond motifs is 5. The molecule has 5 nitrogen and oxygen atoms in total. The summed E-state index contributed by atoms with van der Waals surface area (Å²) in [6.45, 7) is 3.22. The summed E-state index contributed by atoms with van der Waals surface area (Å²) in [6.07, 6.45) is 4.36. The highest BCUT2D eigenvalue weighted by atomic mass is 16.7. The van der Waals surface area contributed by atoms with E-state index in [1.807, 2.05) is 12.1 Å². The Morgan fingerprint density at radius 2 is 1.81 bits per heavy atom. The number of nitrogens with zero attached hydrogens (tertiary/aromatic N) is 1. The Morgan fingerprint density at radius 1 is 1.00 bits per heavy atom. The molecule has 0 unspecified atom stereocenters. The van der Waals surface area contributed by atoms with Crippen molar-refractivity contribution in [1.82, 2.24) is 4.90 Å². The first kappa shape index (κ1) is 15.2. The summed E-state index contributed by atoms with van der Waals surface area (Å²) < 4.78 is 22.2. The molecule has 132 valence electrons. The minimum atomic E-state index is 0.279. The average Bonchev–Trinajstić information content (AvgIpc) is 3.15. The van der Waals surface area contributed by atoms with Gasteiger partial charge in [-0.05, 0) is 41.1 Å². The maximum atomic E-state index is 5.71. The number of benzene rings is 2. The minimum absolute atomic E-state index is 0.279.